The molecule has 1 aromatic heterocycles. The summed E-state index contributed by atoms with van der Waals surface area (Å²) in [5.74, 6) is -1.21. The molecule has 0 saturated heterocycles. The summed E-state index contributed by atoms with van der Waals surface area (Å²) in [5.41, 5.74) is 1.12. The molecule has 1 heterocycles. The Labute approximate surface area is 90.2 Å². The molecule has 0 aliphatic rings. The zero-order chi connectivity index (χ0) is 11.4. The number of aromatic nitrogens is 1. The topological polar surface area (TPSA) is 103 Å². The first-order valence-electron chi connectivity index (χ1n) is 4.25. The molecular formula is C8H12N2O4S. The molecule has 2 unspecified atom stereocenters. The molecule has 0 aliphatic carbocycles. The first-order chi connectivity index (χ1) is 7.07. The van der Waals surface area contributed by atoms with Crippen LogP contribution in [0.4, 0.5) is 0 Å². The summed E-state index contributed by atoms with van der Waals surface area (Å²) in [7, 11) is 1.63. The number of aliphatic hydroxyl groups excluding tert-OH is 2. The number of thiazole rings is 1. The van der Waals surface area contributed by atoms with Gasteiger partial charge in [0.1, 0.15) is 6.10 Å². The third-order valence-corrected chi connectivity index (χ3v) is 2.74. The molecule has 15 heavy (non-hydrogen) atoms. The maximum Gasteiger partial charge on any atom is 0.355 e. The van der Waals surface area contributed by atoms with Crippen molar-refractivity contribution in [3.63, 3.8) is 0 Å². The molecule has 1 rings (SSSR count). The van der Waals surface area contributed by atoms with E-state index < -0.39 is 18.2 Å². The number of hydrogen-bond acceptors (Lipinski definition) is 6. The highest BCUT2D eigenvalue weighted by molar-refractivity contribution is 7.10. The Morgan fingerprint density at radius 3 is 2.87 bits per heavy atom. The quantitative estimate of drug-likeness (QED) is 0.543. The predicted octanol–water partition coefficient (Wildman–Crippen LogP) is -0.545. The number of rotatable bonds is 5. The van der Waals surface area contributed by atoms with Gasteiger partial charge in [-0.15, -0.1) is 11.3 Å². The highest BCUT2D eigenvalue weighted by Crippen LogP contribution is 2.24. The molecule has 0 fully saturated rings. The van der Waals surface area contributed by atoms with Crippen LogP contribution in [0, 0.1) is 0 Å². The van der Waals surface area contributed by atoms with Crippen LogP contribution in [0.3, 0.4) is 0 Å². The van der Waals surface area contributed by atoms with E-state index in [4.69, 9.17) is 5.11 Å². The Bertz CT molecular complexity index is 341. The van der Waals surface area contributed by atoms with Crippen molar-refractivity contribution in [1.82, 2.24) is 10.3 Å². The molecule has 7 heteroatoms. The van der Waals surface area contributed by atoms with Crippen LogP contribution < -0.4 is 5.32 Å². The van der Waals surface area contributed by atoms with Crippen molar-refractivity contribution in [3.8, 4) is 0 Å². The van der Waals surface area contributed by atoms with E-state index in [2.05, 4.69) is 10.3 Å². The lowest BCUT2D eigenvalue weighted by molar-refractivity contribution is 0.0212. The van der Waals surface area contributed by atoms with Gasteiger partial charge in [0, 0.05) is 6.54 Å². The third kappa shape index (κ3) is 2.72. The highest BCUT2D eigenvalue weighted by Gasteiger charge is 2.25. The zero-order valence-corrected chi connectivity index (χ0v) is 8.86. The molecule has 2 atom stereocenters. The van der Waals surface area contributed by atoms with Crippen LogP contribution in [0.1, 0.15) is 21.5 Å². The largest absolute Gasteiger partial charge is 0.476 e. The van der Waals surface area contributed by atoms with Gasteiger partial charge in [0.25, 0.3) is 0 Å². The summed E-state index contributed by atoms with van der Waals surface area (Å²) in [5, 5.41) is 30.6. The second-order valence-electron chi connectivity index (χ2n) is 2.94. The van der Waals surface area contributed by atoms with E-state index in [9.17, 15) is 15.0 Å². The average molecular weight is 232 g/mol. The van der Waals surface area contributed by atoms with Crippen molar-refractivity contribution in [2.75, 3.05) is 13.6 Å². The number of carboxylic acids is 1. The van der Waals surface area contributed by atoms with Gasteiger partial charge in [-0.2, -0.15) is 0 Å². The van der Waals surface area contributed by atoms with E-state index >= 15 is 0 Å². The lowest BCUT2D eigenvalue weighted by Crippen LogP contribution is -2.29. The van der Waals surface area contributed by atoms with Gasteiger partial charge in [0.15, 0.2) is 5.69 Å². The van der Waals surface area contributed by atoms with Crippen molar-refractivity contribution in [2.45, 2.75) is 12.2 Å². The minimum Gasteiger partial charge on any atom is -0.476 e. The number of aliphatic hydroxyl groups is 2. The van der Waals surface area contributed by atoms with Crippen LogP contribution in [0.25, 0.3) is 0 Å². The average Bonchev–Trinajstić information content (AvgIpc) is 2.65. The summed E-state index contributed by atoms with van der Waals surface area (Å²) in [6, 6.07) is 0. The van der Waals surface area contributed by atoms with Crippen LogP contribution in [0.5, 0.6) is 0 Å². The van der Waals surface area contributed by atoms with E-state index in [1.807, 2.05) is 0 Å². The third-order valence-electron chi connectivity index (χ3n) is 1.84. The normalized spacial score (nSPS) is 14.9. The Kier molecular flexibility index (Phi) is 4.15. The van der Waals surface area contributed by atoms with Gasteiger partial charge in [-0.1, -0.05) is 0 Å². The molecule has 84 valence electrons. The molecule has 0 aromatic carbocycles. The van der Waals surface area contributed by atoms with Crippen LogP contribution in [-0.4, -0.2) is 46.0 Å². The molecule has 0 bridgehead atoms. The van der Waals surface area contributed by atoms with Crippen molar-refractivity contribution < 1.29 is 20.1 Å². The van der Waals surface area contributed by atoms with Gasteiger partial charge < -0.3 is 20.6 Å². The Morgan fingerprint density at radius 1 is 1.67 bits per heavy atom. The predicted molar refractivity (Wildman–Crippen MR) is 54.0 cm³/mol. The van der Waals surface area contributed by atoms with Gasteiger partial charge in [0.2, 0.25) is 0 Å². The zero-order valence-electron chi connectivity index (χ0n) is 8.04. The summed E-state index contributed by atoms with van der Waals surface area (Å²) in [6.45, 7) is 0.179. The van der Waals surface area contributed by atoms with E-state index in [0.29, 0.717) is 0 Å². The number of carbonyl (C=O) groups is 1. The summed E-state index contributed by atoms with van der Waals surface area (Å²) in [6.07, 6.45) is -2.27. The standard InChI is InChI=1S/C8H12N2O4S/c1-9-2-4(11)6(12)7-5(8(13)14)10-3-15-7/h3-4,6,9,11-12H,2H2,1H3,(H,13,14). The fourth-order valence-corrected chi connectivity index (χ4v) is 1.94. The van der Waals surface area contributed by atoms with Gasteiger partial charge >= 0.3 is 5.97 Å². The van der Waals surface area contributed by atoms with Crippen LogP contribution in [-0.2, 0) is 0 Å². The first-order valence-corrected chi connectivity index (χ1v) is 5.13. The minimum absolute atomic E-state index is 0.172. The molecule has 0 aliphatic heterocycles. The molecule has 1 aromatic rings. The van der Waals surface area contributed by atoms with Gasteiger partial charge in [-0.25, -0.2) is 9.78 Å². The molecular weight excluding hydrogens is 220 g/mol. The Balaban J connectivity index is 2.85. The molecule has 0 spiro atoms. The summed E-state index contributed by atoms with van der Waals surface area (Å²) >= 11 is 1.01. The number of nitrogens with one attached hydrogen (secondary N) is 1. The fourth-order valence-electron chi connectivity index (χ4n) is 1.12. The van der Waals surface area contributed by atoms with E-state index in [-0.39, 0.29) is 17.1 Å². The second kappa shape index (κ2) is 5.17. The molecule has 0 amide bonds. The van der Waals surface area contributed by atoms with Gasteiger partial charge in [-0.3, -0.25) is 0 Å². The van der Waals surface area contributed by atoms with Gasteiger partial charge in [-0.05, 0) is 7.05 Å². The molecule has 0 saturated carbocycles. The lowest BCUT2D eigenvalue weighted by Gasteiger charge is -2.16. The first kappa shape index (κ1) is 12.1. The van der Waals surface area contributed by atoms with Crippen molar-refractivity contribution in [1.29, 1.82) is 0 Å². The number of likely N-dealkylation sites (N-methyl/N-ethyl adjacent to an activating group) is 1. The Morgan fingerprint density at radius 2 is 2.33 bits per heavy atom. The van der Waals surface area contributed by atoms with Crippen molar-refractivity contribution in [3.05, 3.63) is 16.1 Å². The number of nitrogens with zero attached hydrogens (tertiary/aromatic N) is 1. The van der Waals surface area contributed by atoms with E-state index in [1.54, 1.807) is 7.05 Å². The maximum absolute atomic E-state index is 10.7. The SMILES string of the molecule is CNCC(O)C(O)c1scnc1C(=O)O. The smallest absolute Gasteiger partial charge is 0.355 e. The fraction of sp³-hybridized carbons (Fsp3) is 0.500. The maximum atomic E-state index is 10.7. The van der Waals surface area contributed by atoms with E-state index in [0.717, 1.165) is 11.3 Å². The number of aromatic carboxylic acids is 1. The molecule has 0 radical (unpaired) electrons. The van der Waals surface area contributed by atoms with Crippen LogP contribution in [0.15, 0.2) is 5.51 Å². The molecule has 4 N–H and O–H groups in total. The lowest BCUT2D eigenvalue weighted by atomic mass is 10.1. The monoisotopic (exact) mass is 232 g/mol. The van der Waals surface area contributed by atoms with E-state index in [1.165, 1.54) is 5.51 Å². The van der Waals surface area contributed by atoms with Crippen molar-refractivity contribution >= 4 is 17.3 Å². The van der Waals surface area contributed by atoms with Crippen molar-refractivity contribution in [2.24, 2.45) is 0 Å². The van der Waals surface area contributed by atoms with Crippen LogP contribution >= 0.6 is 11.3 Å². The molecule has 6 nitrogen and oxygen atoms in total. The number of carboxylic acid groups (broad SMARTS) is 1. The summed E-state index contributed by atoms with van der Waals surface area (Å²) in [4.78, 5) is 14.5. The Hall–Kier alpha value is -1.02. The summed E-state index contributed by atoms with van der Waals surface area (Å²) < 4.78 is 0. The number of hydrogen-bond donors (Lipinski definition) is 4. The van der Waals surface area contributed by atoms with Crippen LogP contribution in [0.2, 0.25) is 0 Å². The highest BCUT2D eigenvalue weighted by atomic mass is 32.1. The second-order valence-corrected chi connectivity index (χ2v) is 3.83. The minimum atomic E-state index is -1.23. The van der Waals surface area contributed by atoms with Gasteiger partial charge in [0.05, 0.1) is 16.5 Å².